The van der Waals surface area contributed by atoms with Gasteiger partial charge in [0.25, 0.3) is 0 Å². The smallest absolute Gasteiger partial charge is 0.139 e. The SMILES string of the molecule is CN=CC(=N)N1CCOCC1. The number of rotatable bonds is 1. The highest BCUT2D eigenvalue weighted by molar-refractivity contribution is 6.27. The minimum absolute atomic E-state index is 0.482. The summed E-state index contributed by atoms with van der Waals surface area (Å²) in [7, 11) is 1.68. The van der Waals surface area contributed by atoms with E-state index in [4.69, 9.17) is 10.1 Å². The first-order valence-corrected chi connectivity index (χ1v) is 3.68. The molecule has 1 fully saturated rings. The first-order chi connectivity index (χ1) is 5.34. The minimum atomic E-state index is 0.482. The third-order valence-corrected chi connectivity index (χ3v) is 1.60. The van der Waals surface area contributed by atoms with Gasteiger partial charge in [-0.3, -0.25) is 10.4 Å². The van der Waals surface area contributed by atoms with E-state index in [0.717, 1.165) is 26.3 Å². The third-order valence-electron chi connectivity index (χ3n) is 1.60. The molecule has 0 aromatic carbocycles. The molecular weight excluding hydrogens is 142 g/mol. The Balaban J connectivity index is 2.38. The van der Waals surface area contributed by atoms with E-state index in [9.17, 15) is 0 Å². The van der Waals surface area contributed by atoms with Crippen LogP contribution >= 0.6 is 0 Å². The summed E-state index contributed by atoms with van der Waals surface area (Å²) >= 11 is 0. The Morgan fingerprint density at radius 1 is 1.55 bits per heavy atom. The van der Waals surface area contributed by atoms with Crippen molar-refractivity contribution in [3.8, 4) is 0 Å². The molecule has 0 atom stereocenters. The fourth-order valence-electron chi connectivity index (χ4n) is 1.01. The van der Waals surface area contributed by atoms with Gasteiger partial charge in [0.15, 0.2) is 0 Å². The van der Waals surface area contributed by atoms with Gasteiger partial charge < -0.3 is 9.64 Å². The number of amidine groups is 1. The molecule has 0 aliphatic carbocycles. The predicted octanol–water partition coefficient (Wildman–Crippen LogP) is -0.00353. The normalized spacial score (nSPS) is 19.2. The molecule has 0 radical (unpaired) electrons. The maximum Gasteiger partial charge on any atom is 0.139 e. The number of hydrogen-bond donors (Lipinski definition) is 1. The Kier molecular flexibility index (Phi) is 3.04. The van der Waals surface area contributed by atoms with Crippen molar-refractivity contribution in [2.45, 2.75) is 0 Å². The quantitative estimate of drug-likeness (QED) is 0.428. The van der Waals surface area contributed by atoms with Crippen LogP contribution in [-0.4, -0.2) is 50.3 Å². The van der Waals surface area contributed by atoms with Gasteiger partial charge in [-0.15, -0.1) is 0 Å². The van der Waals surface area contributed by atoms with Gasteiger partial charge in [-0.2, -0.15) is 0 Å². The average molecular weight is 155 g/mol. The van der Waals surface area contributed by atoms with Gasteiger partial charge in [-0.25, -0.2) is 0 Å². The fourth-order valence-corrected chi connectivity index (χ4v) is 1.01. The zero-order chi connectivity index (χ0) is 8.10. The van der Waals surface area contributed by atoms with E-state index >= 15 is 0 Å². The van der Waals surface area contributed by atoms with E-state index in [-0.39, 0.29) is 0 Å². The van der Waals surface area contributed by atoms with Crippen molar-refractivity contribution in [1.29, 1.82) is 5.41 Å². The van der Waals surface area contributed by atoms with Crippen LogP contribution in [0.4, 0.5) is 0 Å². The van der Waals surface area contributed by atoms with Gasteiger partial charge >= 0.3 is 0 Å². The highest BCUT2D eigenvalue weighted by atomic mass is 16.5. The van der Waals surface area contributed by atoms with Crippen LogP contribution in [0.25, 0.3) is 0 Å². The molecule has 11 heavy (non-hydrogen) atoms. The highest BCUT2D eigenvalue weighted by Gasteiger charge is 2.11. The summed E-state index contributed by atoms with van der Waals surface area (Å²) in [5.41, 5.74) is 0. The van der Waals surface area contributed by atoms with Crippen LogP contribution in [0.3, 0.4) is 0 Å². The lowest BCUT2D eigenvalue weighted by Crippen LogP contribution is -2.40. The molecule has 0 aromatic heterocycles. The molecule has 4 nitrogen and oxygen atoms in total. The largest absolute Gasteiger partial charge is 0.378 e. The summed E-state index contributed by atoms with van der Waals surface area (Å²) in [6.07, 6.45) is 1.56. The van der Waals surface area contributed by atoms with Gasteiger partial charge in [0, 0.05) is 20.1 Å². The van der Waals surface area contributed by atoms with Crippen molar-refractivity contribution in [3.63, 3.8) is 0 Å². The van der Waals surface area contributed by atoms with Gasteiger partial charge in [-0.1, -0.05) is 0 Å². The number of aliphatic imine (C=N–C) groups is 1. The highest BCUT2D eigenvalue weighted by Crippen LogP contribution is 1.95. The van der Waals surface area contributed by atoms with E-state index in [1.165, 1.54) is 0 Å². The summed E-state index contributed by atoms with van der Waals surface area (Å²) in [5.74, 6) is 0.482. The Morgan fingerprint density at radius 2 is 2.18 bits per heavy atom. The molecule has 1 heterocycles. The first kappa shape index (κ1) is 8.20. The average Bonchev–Trinajstić information content (AvgIpc) is 2.07. The zero-order valence-electron chi connectivity index (χ0n) is 6.71. The summed E-state index contributed by atoms with van der Waals surface area (Å²) in [6.45, 7) is 3.07. The molecule has 1 rings (SSSR count). The molecule has 1 aliphatic rings. The summed E-state index contributed by atoms with van der Waals surface area (Å²) in [6, 6.07) is 0. The topological polar surface area (TPSA) is 48.7 Å². The van der Waals surface area contributed by atoms with Crippen LogP contribution in [0.15, 0.2) is 4.99 Å². The molecule has 0 unspecified atom stereocenters. The van der Waals surface area contributed by atoms with Crippen LogP contribution in [0, 0.1) is 5.41 Å². The number of hydrogen-bond acceptors (Lipinski definition) is 3. The third kappa shape index (κ3) is 2.31. The second kappa shape index (κ2) is 4.08. The number of nitrogens with one attached hydrogen (secondary N) is 1. The predicted molar refractivity (Wildman–Crippen MR) is 44.5 cm³/mol. The lowest BCUT2D eigenvalue weighted by atomic mass is 10.4. The maximum atomic E-state index is 7.50. The lowest BCUT2D eigenvalue weighted by molar-refractivity contribution is 0.0687. The number of ether oxygens (including phenoxy) is 1. The van der Waals surface area contributed by atoms with Crippen molar-refractivity contribution in [2.24, 2.45) is 4.99 Å². The van der Waals surface area contributed by atoms with Gasteiger partial charge in [0.2, 0.25) is 0 Å². The Morgan fingerprint density at radius 3 is 2.73 bits per heavy atom. The van der Waals surface area contributed by atoms with Gasteiger partial charge in [0.1, 0.15) is 5.84 Å². The molecule has 0 amide bonds. The maximum absolute atomic E-state index is 7.50. The second-order valence-electron chi connectivity index (χ2n) is 2.37. The standard InChI is InChI=1S/C7H13N3O/c1-9-6-7(8)10-2-4-11-5-3-10/h6,8H,2-5H2,1H3. The fraction of sp³-hybridized carbons (Fsp3) is 0.714. The molecule has 1 N–H and O–H groups in total. The van der Waals surface area contributed by atoms with E-state index < -0.39 is 0 Å². The molecule has 62 valence electrons. The van der Waals surface area contributed by atoms with E-state index in [0.29, 0.717) is 5.84 Å². The van der Waals surface area contributed by atoms with Crippen molar-refractivity contribution < 1.29 is 4.74 Å². The lowest BCUT2D eigenvalue weighted by Gasteiger charge is -2.27. The molecule has 0 spiro atoms. The second-order valence-corrected chi connectivity index (χ2v) is 2.37. The van der Waals surface area contributed by atoms with Crippen molar-refractivity contribution >= 4 is 12.1 Å². The molecule has 0 aromatic rings. The van der Waals surface area contributed by atoms with E-state index in [1.54, 1.807) is 13.3 Å². The molecule has 0 bridgehead atoms. The Bertz CT molecular complexity index is 161. The Hall–Kier alpha value is -0.900. The van der Waals surface area contributed by atoms with E-state index in [1.807, 2.05) is 4.90 Å². The van der Waals surface area contributed by atoms with Crippen molar-refractivity contribution in [3.05, 3.63) is 0 Å². The summed E-state index contributed by atoms with van der Waals surface area (Å²) in [5, 5.41) is 7.50. The van der Waals surface area contributed by atoms with Crippen LogP contribution < -0.4 is 0 Å². The van der Waals surface area contributed by atoms with Crippen LogP contribution in [0.1, 0.15) is 0 Å². The number of morpholine rings is 1. The molecule has 1 aliphatic heterocycles. The molecule has 1 saturated heterocycles. The van der Waals surface area contributed by atoms with Gasteiger partial charge in [0.05, 0.1) is 19.4 Å². The van der Waals surface area contributed by atoms with Crippen LogP contribution in [-0.2, 0) is 4.74 Å². The van der Waals surface area contributed by atoms with Crippen LogP contribution in [0.2, 0.25) is 0 Å². The minimum Gasteiger partial charge on any atom is -0.378 e. The van der Waals surface area contributed by atoms with Gasteiger partial charge in [-0.05, 0) is 0 Å². The molecule has 0 saturated carbocycles. The molecule has 4 heteroatoms. The molecular formula is C7H13N3O. The number of nitrogens with zero attached hydrogens (tertiary/aromatic N) is 2. The monoisotopic (exact) mass is 155 g/mol. The van der Waals surface area contributed by atoms with Crippen molar-refractivity contribution in [1.82, 2.24) is 4.90 Å². The van der Waals surface area contributed by atoms with Crippen LogP contribution in [0.5, 0.6) is 0 Å². The Labute approximate surface area is 66.4 Å². The summed E-state index contributed by atoms with van der Waals surface area (Å²) < 4.78 is 5.15. The first-order valence-electron chi connectivity index (χ1n) is 3.68. The van der Waals surface area contributed by atoms with E-state index in [2.05, 4.69) is 4.99 Å². The van der Waals surface area contributed by atoms with Crippen molar-refractivity contribution in [2.75, 3.05) is 33.4 Å². The summed E-state index contributed by atoms with van der Waals surface area (Å²) in [4.78, 5) is 5.73. The zero-order valence-corrected chi connectivity index (χ0v) is 6.71.